The zero-order valence-electron chi connectivity index (χ0n) is 23.2. The third-order valence-electron chi connectivity index (χ3n) is 10.9. The SMILES string of the molecule is c1sc(C2CCCC2)c(P(C2CCCCC2)C2CCCCC2)c1P(C1CCCCC1)C1CCCCC1. The van der Waals surface area contributed by atoms with Crippen LogP contribution in [0.15, 0.2) is 5.38 Å². The standard InChI is InChI=1S/C33H54P2S/c1-5-17-27(18-6-1)34(28-19-7-2-8-20-28)31-25-36-33(26-15-13-14-16-26)32(31)35(29-21-9-3-10-22-29)30-23-11-4-12-24-30/h25-30H,1-24H2. The minimum absolute atomic E-state index is 0.0393. The molecule has 5 aliphatic rings. The van der Waals surface area contributed by atoms with E-state index < -0.39 is 0 Å². The van der Waals surface area contributed by atoms with Gasteiger partial charge in [-0.25, -0.2) is 0 Å². The Morgan fingerprint density at radius 3 is 1.22 bits per heavy atom. The first-order valence-corrected chi connectivity index (χ1v) is 20.4. The minimum Gasteiger partial charge on any atom is -0.147 e. The van der Waals surface area contributed by atoms with Gasteiger partial charge in [0.2, 0.25) is 0 Å². The maximum absolute atomic E-state index is 2.87. The van der Waals surface area contributed by atoms with Gasteiger partial charge in [0, 0.05) is 4.88 Å². The van der Waals surface area contributed by atoms with Crippen LogP contribution in [0.3, 0.4) is 0 Å². The molecule has 3 heteroatoms. The predicted octanol–water partition coefficient (Wildman–Crippen LogP) is 11.0. The van der Waals surface area contributed by atoms with Gasteiger partial charge >= 0.3 is 0 Å². The van der Waals surface area contributed by atoms with Gasteiger partial charge in [0.1, 0.15) is 0 Å². The Kier molecular flexibility index (Phi) is 9.87. The molecule has 0 amide bonds. The van der Waals surface area contributed by atoms with Crippen LogP contribution in [0.2, 0.25) is 0 Å². The summed E-state index contributed by atoms with van der Waals surface area (Å²) in [6.45, 7) is 0. The molecule has 5 saturated carbocycles. The third-order valence-corrected chi connectivity index (χ3v) is 19.7. The third kappa shape index (κ3) is 6.00. The van der Waals surface area contributed by atoms with Crippen molar-refractivity contribution in [1.29, 1.82) is 0 Å². The monoisotopic (exact) mass is 544 g/mol. The molecule has 5 aliphatic carbocycles. The van der Waals surface area contributed by atoms with E-state index in [4.69, 9.17) is 0 Å². The second-order valence-electron chi connectivity index (χ2n) is 13.3. The highest BCUT2D eigenvalue weighted by Crippen LogP contribution is 2.61. The minimum atomic E-state index is 0.0393. The molecule has 202 valence electrons. The van der Waals surface area contributed by atoms with Gasteiger partial charge < -0.3 is 0 Å². The molecule has 0 aliphatic heterocycles. The van der Waals surface area contributed by atoms with Crippen molar-refractivity contribution in [3.05, 3.63) is 10.3 Å². The Morgan fingerprint density at radius 2 is 0.806 bits per heavy atom. The molecular formula is C33H54P2S. The number of rotatable bonds is 7. The molecule has 0 N–H and O–H groups in total. The summed E-state index contributed by atoms with van der Waals surface area (Å²) in [7, 11) is 0.0850. The molecule has 6 rings (SSSR count). The summed E-state index contributed by atoms with van der Waals surface area (Å²) in [6, 6.07) is 0. The van der Waals surface area contributed by atoms with E-state index in [0.29, 0.717) is 0 Å². The molecule has 0 saturated heterocycles. The Hall–Kier alpha value is 0.560. The first-order valence-electron chi connectivity index (χ1n) is 16.6. The van der Waals surface area contributed by atoms with E-state index in [0.717, 1.165) is 28.6 Å². The smallest absolute Gasteiger partial charge is 0.0160 e. The van der Waals surface area contributed by atoms with Crippen molar-refractivity contribution in [3.8, 4) is 0 Å². The van der Waals surface area contributed by atoms with Crippen LogP contribution in [0.25, 0.3) is 0 Å². The van der Waals surface area contributed by atoms with Gasteiger partial charge in [-0.3, -0.25) is 0 Å². The quantitative estimate of drug-likeness (QED) is 0.299. The van der Waals surface area contributed by atoms with E-state index in [-0.39, 0.29) is 15.8 Å². The highest BCUT2D eigenvalue weighted by Gasteiger charge is 2.41. The van der Waals surface area contributed by atoms with Crippen molar-refractivity contribution >= 4 is 37.8 Å². The topological polar surface area (TPSA) is 0 Å². The molecular weight excluding hydrogens is 490 g/mol. The number of hydrogen-bond donors (Lipinski definition) is 0. The van der Waals surface area contributed by atoms with Crippen LogP contribution in [-0.2, 0) is 0 Å². The van der Waals surface area contributed by atoms with Crippen LogP contribution in [0.5, 0.6) is 0 Å². The zero-order chi connectivity index (χ0) is 24.2. The molecule has 0 bridgehead atoms. The molecule has 1 aromatic rings. The lowest BCUT2D eigenvalue weighted by atomic mass is 9.99. The van der Waals surface area contributed by atoms with Gasteiger partial charge in [-0.15, -0.1) is 11.3 Å². The van der Waals surface area contributed by atoms with Crippen LogP contribution in [-0.4, -0.2) is 22.6 Å². The zero-order valence-corrected chi connectivity index (χ0v) is 25.8. The van der Waals surface area contributed by atoms with Crippen molar-refractivity contribution in [3.63, 3.8) is 0 Å². The van der Waals surface area contributed by atoms with Crippen LogP contribution in [0, 0.1) is 0 Å². The Bertz CT molecular complexity index is 751. The van der Waals surface area contributed by atoms with E-state index in [1.165, 1.54) is 103 Å². The van der Waals surface area contributed by atoms with Crippen LogP contribution < -0.4 is 10.6 Å². The largest absolute Gasteiger partial charge is 0.147 e. The average molecular weight is 545 g/mol. The summed E-state index contributed by atoms with van der Waals surface area (Å²) >= 11 is 2.32. The average Bonchev–Trinajstić information content (AvgIpc) is 3.63. The normalized spacial score (nSPS) is 26.9. The fourth-order valence-electron chi connectivity index (χ4n) is 9.07. The first kappa shape index (κ1) is 26.8. The van der Waals surface area contributed by atoms with Gasteiger partial charge in [-0.2, -0.15) is 0 Å². The van der Waals surface area contributed by atoms with E-state index in [1.54, 1.807) is 51.4 Å². The van der Waals surface area contributed by atoms with Crippen molar-refractivity contribution in [2.45, 2.75) is 183 Å². The highest BCUT2D eigenvalue weighted by molar-refractivity contribution is 7.74. The highest BCUT2D eigenvalue weighted by atomic mass is 32.1. The Labute approximate surface area is 230 Å². The molecule has 1 aromatic heterocycles. The molecule has 0 nitrogen and oxygen atoms in total. The predicted molar refractivity (Wildman–Crippen MR) is 166 cm³/mol. The summed E-state index contributed by atoms with van der Waals surface area (Å²) < 4.78 is 0. The summed E-state index contributed by atoms with van der Waals surface area (Å²) in [6.07, 6.45) is 37.0. The van der Waals surface area contributed by atoms with Crippen molar-refractivity contribution in [2.24, 2.45) is 0 Å². The summed E-state index contributed by atoms with van der Waals surface area (Å²) in [5, 5.41) is 7.08. The molecule has 0 unspecified atom stereocenters. The maximum atomic E-state index is 2.87. The van der Waals surface area contributed by atoms with E-state index in [9.17, 15) is 0 Å². The molecule has 5 fully saturated rings. The van der Waals surface area contributed by atoms with Crippen LogP contribution in [0.4, 0.5) is 0 Å². The number of hydrogen-bond acceptors (Lipinski definition) is 1. The van der Waals surface area contributed by atoms with Crippen LogP contribution >= 0.6 is 27.2 Å². The fourth-order valence-corrected chi connectivity index (χ4v) is 19.6. The molecule has 0 radical (unpaired) electrons. The van der Waals surface area contributed by atoms with Crippen LogP contribution in [0.1, 0.15) is 165 Å². The van der Waals surface area contributed by atoms with E-state index in [1.807, 2.05) is 4.88 Å². The summed E-state index contributed by atoms with van der Waals surface area (Å²) in [5.41, 5.74) is 4.27. The lowest BCUT2D eigenvalue weighted by Crippen LogP contribution is -2.36. The van der Waals surface area contributed by atoms with E-state index >= 15 is 0 Å². The second kappa shape index (κ2) is 13.3. The molecule has 1 heterocycles. The van der Waals surface area contributed by atoms with Gasteiger partial charge in [0.15, 0.2) is 0 Å². The lowest BCUT2D eigenvalue weighted by molar-refractivity contribution is 0.486. The fraction of sp³-hybridized carbons (Fsp3) is 0.879. The maximum Gasteiger partial charge on any atom is 0.0160 e. The molecule has 0 spiro atoms. The van der Waals surface area contributed by atoms with Crippen molar-refractivity contribution in [2.75, 3.05) is 0 Å². The second-order valence-corrected chi connectivity index (χ2v) is 19.7. The van der Waals surface area contributed by atoms with Crippen molar-refractivity contribution < 1.29 is 0 Å². The van der Waals surface area contributed by atoms with Gasteiger partial charge in [-0.05, 0) is 109 Å². The lowest BCUT2D eigenvalue weighted by Gasteiger charge is -2.43. The summed E-state index contributed by atoms with van der Waals surface area (Å²) in [4.78, 5) is 1.99. The van der Waals surface area contributed by atoms with E-state index in [2.05, 4.69) is 27.3 Å². The van der Waals surface area contributed by atoms with Gasteiger partial charge in [0.25, 0.3) is 0 Å². The van der Waals surface area contributed by atoms with Crippen molar-refractivity contribution in [1.82, 2.24) is 0 Å². The molecule has 0 atom stereocenters. The molecule has 36 heavy (non-hydrogen) atoms. The first-order chi connectivity index (χ1) is 17.9. The Morgan fingerprint density at radius 1 is 0.444 bits per heavy atom. The Balaban J connectivity index is 1.44. The van der Waals surface area contributed by atoms with Gasteiger partial charge in [-0.1, -0.05) is 106 Å². The summed E-state index contributed by atoms with van der Waals surface area (Å²) in [5.74, 6) is 0.936. The molecule has 0 aromatic carbocycles. The van der Waals surface area contributed by atoms with Gasteiger partial charge in [0.05, 0.1) is 0 Å². The number of thiophene rings is 1.